The first-order chi connectivity index (χ1) is 9.04. The first-order valence-electron chi connectivity index (χ1n) is 7.23. The highest BCUT2D eigenvalue weighted by molar-refractivity contribution is 5.97. The van der Waals surface area contributed by atoms with Crippen molar-refractivity contribution < 1.29 is 4.79 Å². The van der Waals surface area contributed by atoms with E-state index in [-0.39, 0.29) is 5.91 Å². The van der Waals surface area contributed by atoms with Crippen molar-refractivity contribution >= 4 is 17.3 Å². The molecule has 3 nitrogen and oxygen atoms in total. The second-order valence-corrected chi connectivity index (χ2v) is 5.59. The van der Waals surface area contributed by atoms with Gasteiger partial charge in [-0.05, 0) is 43.9 Å². The first kappa shape index (κ1) is 13.9. The predicted octanol–water partition coefficient (Wildman–Crippen LogP) is 3.57. The fraction of sp³-hybridized carbons (Fsp3) is 0.562. The molecule has 0 aliphatic carbocycles. The molecule has 1 aliphatic rings. The van der Waals surface area contributed by atoms with Crippen LogP contribution in [-0.4, -0.2) is 11.9 Å². The number of aryl methyl sites for hydroxylation is 2. The molecule has 1 aromatic rings. The van der Waals surface area contributed by atoms with E-state index in [1.165, 1.54) is 12.8 Å². The van der Waals surface area contributed by atoms with Gasteiger partial charge in [0.2, 0.25) is 5.91 Å². The van der Waals surface area contributed by atoms with Gasteiger partial charge in [-0.15, -0.1) is 0 Å². The normalized spacial score (nSPS) is 19.2. The Morgan fingerprint density at radius 1 is 1.32 bits per heavy atom. The van der Waals surface area contributed by atoms with E-state index in [1.807, 2.05) is 17.9 Å². The Morgan fingerprint density at radius 2 is 2.05 bits per heavy atom. The van der Waals surface area contributed by atoms with Crippen molar-refractivity contribution in [3.8, 4) is 0 Å². The summed E-state index contributed by atoms with van der Waals surface area (Å²) in [4.78, 5) is 14.2. The molecule has 1 saturated heterocycles. The van der Waals surface area contributed by atoms with Crippen LogP contribution in [0.5, 0.6) is 0 Å². The highest BCUT2D eigenvalue weighted by Gasteiger charge is 2.32. The number of carbonyl (C=O) groups excluding carboxylic acids is 1. The smallest absolute Gasteiger partial charge is 0.227 e. The molecule has 0 bridgehead atoms. The van der Waals surface area contributed by atoms with Gasteiger partial charge in [0.05, 0.1) is 0 Å². The summed E-state index contributed by atoms with van der Waals surface area (Å²) in [6.07, 6.45) is 5.09. The third kappa shape index (κ3) is 2.75. The maximum Gasteiger partial charge on any atom is 0.227 e. The van der Waals surface area contributed by atoms with Crippen LogP contribution in [0, 0.1) is 13.8 Å². The minimum atomic E-state index is 0.243. The summed E-state index contributed by atoms with van der Waals surface area (Å²) in [7, 11) is 0. The Balaban J connectivity index is 2.32. The van der Waals surface area contributed by atoms with E-state index in [0.717, 1.165) is 35.3 Å². The lowest BCUT2D eigenvalue weighted by atomic mass is 10.0. The van der Waals surface area contributed by atoms with Gasteiger partial charge in [-0.3, -0.25) is 4.79 Å². The molecule has 1 amide bonds. The van der Waals surface area contributed by atoms with Crippen LogP contribution in [0.4, 0.5) is 11.4 Å². The van der Waals surface area contributed by atoms with E-state index in [1.54, 1.807) is 0 Å². The molecule has 19 heavy (non-hydrogen) atoms. The van der Waals surface area contributed by atoms with E-state index < -0.39 is 0 Å². The molecule has 1 unspecified atom stereocenters. The van der Waals surface area contributed by atoms with Gasteiger partial charge in [0.1, 0.15) is 0 Å². The van der Waals surface area contributed by atoms with Crippen molar-refractivity contribution in [3.05, 3.63) is 23.3 Å². The molecule has 1 aliphatic heterocycles. The number of nitrogens with two attached hydrogens (primary N) is 1. The lowest BCUT2D eigenvalue weighted by Gasteiger charge is -2.27. The quantitative estimate of drug-likeness (QED) is 0.841. The minimum Gasteiger partial charge on any atom is -0.398 e. The van der Waals surface area contributed by atoms with Gasteiger partial charge < -0.3 is 10.6 Å². The topological polar surface area (TPSA) is 46.3 Å². The third-order valence-electron chi connectivity index (χ3n) is 4.06. The SMILES string of the molecule is CCCCC1CCC(=O)N1c1cc(N)c(C)cc1C. The Bertz CT molecular complexity index is 482. The predicted molar refractivity (Wildman–Crippen MR) is 80.4 cm³/mol. The molecule has 0 saturated carbocycles. The molecule has 1 aromatic carbocycles. The van der Waals surface area contributed by atoms with Gasteiger partial charge in [0, 0.05) is 23.8 Å². The average molecular weight is 260 g/mol. The monoisotopic (exact) mass is 260 g/mol. The number of nitrogen functional groups attached to an aromatic ring is 1. The number of unbranched alkanes of at least 4 members (excludes halogenated alkanes) is 1. The number of hydrogen-bond donors (Lipinski definition) is 1. The number of amides is 1. The number of nitrogens with zero attached hydrogens (tertiary/aromatic N) is 1. The molecule has 1 fully saturated rings. The van der Waals surface area contributed by atoms with Crippen molar-refractivity contribution in [1.82, 2.24) is 0 Å². The summed E-state index contributed by atoms with van der Waals surface area (Å²) < 4.78 is 0. The zero-order valence-corrected chi connectivity index (χ0v) is 12.2. The molecule has 1 heterocycles. The third-order valence-corrected chi connectivity index (χ3v) is 4.06. The van der Waals surface area contributed by atoms with Gasteiger partial charge in [-0.1, -0.05) is 25.8 Å². The van der Waals surface area contributed by atoms with Crippen LogP contribution in [-0.2, 0) is 4.79 Å². The lowest BCUT2D eigenvalue weighted by Crippen LogP contribution is -2.33. The molecule has 2 rings (SSSR count). The van der Waals surface area contributed by atoms with Gasteiger partial charge in [0.25, 0.3) is 0 Å². The summed E-state index contributed by atoms with van der Waals surface area (Å²) in [6, 6.07) is 4.40. The Kier molecular flexibility index (Phi) is 4.13. The molecular weight excluding hydrogens is 236 g/mol. The summed E-state index contributed by atoms with van der Waals surface area (Å²) >= 11 is 0. The van der Waals surface area contributed by atoms with Crippen LogP contribution in [0.15, 0.2) is 12.1 Å². The highest BCUT2D eigenvalue weighted by Crippen LogP contribution is 2.34. The summed E-state index contributed by atoms with van der Waals surface area (Å²) in [5.74, 6) is 0.243. The maximum absolute atomic E-state index is 12.2. The van der Waals surface area contributed by atoms with Gasteiger partial charge in [-0.2, -0.15) is 0 Å². The fourth-order valence-corrected chi connectivity index (χ4v) is 2.90. The molecule has 1 atom stereocenters. The average Bonchev–Trinajstić information content (AvgIpc) is 2.73. The summed E-state index contributed by atoms with van der Waals surface area (Å²) in [5, 5.41) is 0. The summed E-state index contributed by atoms with van der Waals surface area (Å²) in [5.41, 5.74) is 10.0. The molecular formula is C16H24N2O. The van der Waals surface area contributed by atoms with E-state index in [4.69, 9.17) is 5.73 Å². The van der Waals surface area contributed by atoms with Crippen LogP contribution in [0.1, 0.15) is 50.2 Å². The van der Waals surface area contributed by atoms with E-state index in [0.29, 0.717) is 12.5 Å². The largest absolute Gasteiger partial charge is 0.398 e. The zero-order chi connectivity index (χ0) is 14.0. The number of carbonyl (C=O) groups is 1. The molecule has 0 aromatic heterocycles. The van der Waals surface area contributed by atoms with Crippen LogP contribution in [0.3, 0.4) is 0 Å². The number of benzene rings is 1. The van der Waals surface area contributed by atoms with Crippen LogP contribution >= 0.6 is 0 Å². The second kappa shape index (κ2) is 5.64. The van der Waals surface area contributed by atoms with Crippen molar-refractivity contribution in [2.75, 3.05) is 10.6 Å². The summed E-state index contributed by atoms with van der Waals surface area (Å²) in [6.45, 7) is 6.26. The van der Waals surface area contributed by atoms with Crippen molar-refractivity contribution in [2.24, 2.45) is 0 Å². The Morgan fingerprint density at radius 3 is 2.74 bits per heavy atom. The zero-order valence-electron chi connectivity index (χ0n) is 12.2. The Hall–Kier alpha value is -1.51. The fourth-order valence-electron chi connectivity index (χ4n) is 2.90. The van der Waals surface area contributed by atoms with Crippen LogP contribution in [0.2, 0.25) is 0 Å². The standard InChI is InChI=1S/C16H24N2O/c1-4-5-6-13-7-8-16(19)18(13)15-10-14(17)11(2)9-12(15)3/h9-10,13H,4-8,17H2,1-3H3. The number of anilines is 2. The number of rotatable bonds is 4. The van der Waals surface area contributed by atoms with Crippen LogP contribution in [0.25, 0.3) is 0 Å². The molecule has 2 N–H and O–H groups in total. The maximum atomic E-state index is 12.2. The first-order valence-corrected chi connectivity index (χ1v) is 7.23. The minimum absolute atomic E-state index is 0.243. The lowest BCUT2D eigenvalue weighted by molar-refractivity contribution is -0.117. The Labute approximate surface area is 115 Å². The second-order valence-electron chi connectivity index (χ2n) is 5.59. The van der Waals surface area contributed by atoms with E-state index in [2.05, 4.69) is 19.9 Å². The number of hydrogen-bond acceptors (Lipinski definition) is 2. The molecule has 3 heteroatoms. The molecule has 0 radical (unpaired) electrons. The van der Waals surface area contributed by atoms with E-state index >= 15 is 0 Å². The molecule has 0 spiro atoms. The van der Waals surface area contributed by atoms with Crippen molar-refractivity contribution in [3.63, 3.8) is 0 Å². The van der Waals surface area contributed by atoms with Crippen LogP contribution < -0.4 is 10.6 Å². The molecule has 104 valence electrons. The van der Waals surface area contributed by atoms with Gasteiger partial charge in [-0.25, -0.2) is 0 Å². The van der Waals surface area contributed by atoms with Crippen molar-refractivity contribution in [1.29, 1.82) is 0 Å². The van der Waals surface area contributed by atoms with Gasteiger partial charge in [0.15, 0.2) is 0 Å². The van der Waals surface area contributed by atoms with Gasteiger partial charge >= 0.3 is 0 Å². The highest BCUT2D eigenvalue weighted by atomic mass is 16.2. The van der Waals surface area contributed by atoms with Crippen molar-refractivity contribution in [2.45, 2.75) is 58.9 Å². The van der Waals surface area contributed by atoms with E-state index in [9.17, 15) is 4.79 Å².